The average molecular weight is 455 g/mol. The van der Waals surface area contributed by atoms with Gasteiger partial charge in [0, 0.05) is 16.3 Å². The summed E-state index contributed by atoms with van der Waals surface area (Å²) in [5.74, 6) is 1.89. The van der Waals surface area contributed by atoms with Gasteiger partial charge in [0.05, 0.1) is 17.5 Å². The zero-order valence-corrected chi connectivity index (χ0v) is 18.3. The fraction of sp³-hybridized carbons (Fsp3) is 0.600. The van der Waals surface area contributed by atoms with Crippen LogP contribution in [0, 0.1) is 11.8 Å². The van der Waals surface area contributed by atoms with Gasteiger partial charge in [0.25, 0.3) is 5.91 Å². The maximum atomic E-state index is 12.5. The third-order valence-electron chi connectivity index (χ3n) is 6.56. The lowest BCUT2D eigenvalue weighted by molar-refractivity contribution is -0.119. The molecule has 4 fully saturated rings. The molecule has 0 spiro atoms. The fourth-order valence-corrected chi connectivity index (χ4v) is 9.46. The minimum Gasteiger partial charge on any atom is -0.484 e. The largest absolute Gasteiger partial charge is 0.484 e. The Morgan fingerprint density at radius 2 is 1.97 bits per heavy atom. The predicted octanol–water partition coefficient (Wildman–Crippen LogP) is 3.00. The number of nitrogens with zero attached hydrogens (tertiary/aromatic N) is 2. The number of fused-ring (bicyclic) bond motifs is 3. The Hall–Kier alpha value is -1.25. The number of amides is 1. The summed E-state index contributed by atoms with van der Waals surface area (Å²) in [6.07, 6.45) is 4.77. The standard InChI is InChI=1S/C20H23ClN2O4S2/c21-14-3-5-15(6-4-14)27-9-19(24)22-20-23(16-8-12-1-2-13(16)7-12)17-10-29(25,26)11-18(17)28-20/h3-6,12-13,16-18H,1-2,7-11H2/t12-,13-,16-,17-,18+/m1/s1. The number of benzene rings is 1. The van der Waals surface area contributed by atoms with E-state index < -0.39 is 9.84 Å². The Morgan fingerprint density at radius 1 is 1.17 bits per heavy atom. The zero-order chi connectivity index (χ0) is 20.2. The molecule has 2 saturated heterocycles. The van der Waals surface area contributed by atoms with Crippen LogP contribution in [0.4, 0.5) is 0 Å². The van der Waals surface area contributed by atoms with Gasteiger partial charge in [-0.05, 0) is 55.4 Å². The highest BCUT2D eigenvalue weighted by molar-refractivity contribution is 8.15. The summed E-state index contributed by atoms with van der Waals surface area (Å²) < 4.78 is 29.9. The number of rotatable bonds is 4. The van der Waals surface area contributed by atoms with Crippen molar-refractivity contribution in [2.75, 3.05) is 18.1 Å². The van der Waals surface area contributed by atoms with Crippen molar-refractivity contribution >= 4 is 44.3 Å². The van der Waals surface area contributed by atoms with Crippen molar-refractivity contribution < 1.29 is 17.9 Å². The fourth-order valence-electron chi connectivity index (χ4n) is 5.35. The van der Waals surface area contributed by atoms with E-state index in [2.05, 4.69) is 9.89 Å². The second kappa shape index (κ2) is 7.46. The van der Waals surface area contributed by atoms with Gasteiger partial charge in [-0.15, -0.1) is 0 Å². The maximum Gasteiger partial charge on any atom is 0.285 e. The van der Waals surface area contributed by atoms with Gasteiger partial charge in [0.15, 0.2) is 21.6 Å². The minimum absolute atomic E-state index is 0.0251. The normalized spacial score (nSPS) is 36.0. The number of hydrogen-bond donors (Lipinski definition) is 0. The number of carbonyl (C=O) groups is 1. The van der Waals surface area contributed by atoms with Crippen LogP contribution >= 0.6 is 23.4 Å². The molecule has 0 radical (unpaired) electrons. The highest BCUT2D eigenvalue weighted by Crippen LogP contribution is 2.51. The second-order valence-corrected chi connectivity index (χ2v) is 12.3. The van der Waals surface area contributed by atoms with E-state index in [1.807, 2.05) is 0 Å². The lowest BCUT2D eigenvalue weighted by Crippen LogP contribution is -2.47. The van der Waals surface area contributed by atoms with E-state index in [1.165, 1.54) is 31.0 Å². The van der Waals surface area contributed by atoms with Crippen molar-refractivity contribution in [1.29, 1.82) is 0 Å². The molecule has 29 heavy (non-hydrogen) atoms. The van der Waals surface area contributed by atoms with Crippen LogP contribution in [0.15, 0.2) is 29.3 Å². The lowest BCUT2D eigenvalue weighted by Gasteiger charge is -2.36. The molecule has 4 aliphatic rings. The summed E-state index contributed by atoms with van der Waals surface area (Å²) in [5.41, 5.74) is 0. The molecule has 0 N–H and O–H groups in total. The van der Waals surface area contributed by atoms with E-state index in [9.17, 15) is 13.2 Å². The van der Waals surface area contributed by atoms with Gasteiger partial charge in [-0.25, -0.2) is 8.42 Å². The molecule has 0 aromatic heterocycles. The quantitative estimate of drug-likeness (QED) is 0.696. The average Bonchev–Trinajstić information content (AvgIpc) is 3.41. The molecule has 5 atom stereocenters. The second-order valence-electron chi connectivity index (χ2n) is 8.48. The number of sulfone groups is 1. The van der Waals surface area contributed by atoms with E-state index in [4.69, 9.17) is 16.3 Å². The van der Waals surface area contributed by atoms with Crippen molar-refractivity contribution in [3.05, 3.63) is 29.3 Å². The first-order valence-corrected chi connectivity index (χ1v) is 13.1. The highest BCUT2D eigenvalue weighted by Gasteiger charge is 2.54. The molecule has 2 aliphatic heterocycles. The number of aliphatic imine (C=N–C) groups is 1. The van der Waals surface area contributed by atoms with Crippen LogP contribution in [-0.2, 0) is 14.6 Å². The van der Waals surface area contributed by atoms with Gasteiger partial charge in [-0.2, -0.15) is 4.99 Å². The molecule has 2 saturated carbocycles. The van der Waals surface area contributed by atoms with E-state index in [-0.39, 0.29) is 35.3 Å². The maximum absolute atomic E-state index is 12.5. The molecular formula is C20H23ClN2O4S2. The van der Waals surface area contributed by atoms with Gasteiger partial charge in [-0.1, -0.05) is 29.8 Å². The molecule has 1 aromatic rings. The Balaban J connectivity index is 1.33. The van der Waals surface area contributed by atoms with Crippen LogP contribution in [-0.4, -0.2) is 59.8 Å². The van der Waals surface area contributed by atoms with Crippen molar-refractivity contribution in [3.63, 3.8) is 0 Å². The molecule has 9 heteroatoms. The number of carbonyl (C=O) groups excluding carboxylic acids is 1. The van der Waals surface area contributed by atoms with Crippen LogP contribution in [0.2, 0.25) is 5.02 Å². The van der Waals surface area contributed by atoms with E-state index in [0.29, 0.717) is 27.9 Å². The number of ether oxygens (including phenoxy) is 1. The number of hydrogen-bond acceptors (Lipinski definition) is 5. The number of amidine groups is 1. The number of thioether (sulfide) groups is 1. The third kappa shape index (κ3) is 3.91. The molecule has 6 nitrogen and oxygen atoms in total. The van der Waals surface area contributed by atoms with Crippen LogP contribution in [0.3, 0.4) is 0 Å². The molecule has 2 bridgehead atoms. The Labute approximate surface area is 179 Å². The molecule has 1 aromatic carbocycles. The smallest absolute Gasteiger partial charge is 0.285 e. The van der Waals surface area contributed by atoms with Crippen LogP contribution in [0.5, 0.6) is 5.75 Å². The SMILES string of the molecule is O=C(COc1ccc(Cl)cc1)N=C1S[C@H]2CS(=O)(=O)C[C@H]2N1[C@@H]1C[C@@H]2CC[C@@H]1C2. The Bertz CT molecular complexity index is 950. The predicted molar refractivity (Wildman–Crippen MR) is 114 cm³/mol. The molecule has 0 unspecified atom stereocenters. The Morgan fingerprint density at radius 3 is 2.66 bits per heavy atom. The summed E-state index contributed by atoms with van der Waals surface area (Å²) in [5, 5.41) is 1.27. The zero-order valence-electron chi connectivity index (χ0n) is 15.9. The highest BCUT2D eigenvalue weighted by atomic mass is 35.5. The van der Waals surface area contributed by atoms with Crippen LogP contribution in [0.25, 0.3) is 0 Å². The molecule has 2 aliphatic carbocycles. The first-order chi connectivity index (χ1) is 13.9. The van der Waals surface area contributed by atoms with Crippen molar-refractivity contribution in [1.82, 2.24) is 4.90 Å². The third-order valence-corrected chi connectivity index (χ3v) is 10.0. The van der Waals surface area contributed by atoms with E-state index in [1.54, 1.807) is 24.3 Å². The monoisotopic (exact) mass is 454 g/mol. The summed E-state index contributed by atoms with van der Waals surface area (Å²) in [7, 11) is -3.02. The topological polar surface area (TPSA) is 76.0 Å². The minimum atomic E-state index is -3.02. The van der Waals surface area contributed by atoms with Gasteiger partial charge in [-0.3, -0.25) is 4.79 Å². The number of halogens is 1. The molecule has 1 amide bonds. The Kier molecular flexibility index (Phi) is 5.07. The first-order valence-electron chi connectivity index (χ1n) is 10.0. The first kappa shape index (κ1) is 19.7. The molecule has 156 valence electrons. The molecular weight excluding hydrogens is 432 g/mol. The van der Waals surface area contributed by atoms with Gasteiger partial charge in [0.1, 0.15) is 5.75 Å². The summed E-state index contributed by atoms with van der Waals surface area (Å²) in [6.45, 7) is -0.149. The lowest BCUT2D eigenvalue weighted by atomic mass is 9.93. The molecule has 2 heterocycles. The van der Waals surface area contributed by atoms with Gasteiger partial charge < -0.3 is 9.64 Å². The van der Waals surface area contributed by atoms with Crippen LogP contribution in [0.1, 0.15) is 25.7 Å². The van der Waals surface area contributed by atoms with E-state index in [0.717, 1.165) is 12.3 Å². The van der Waals surface area contributed by atoms with Crippen molar-refractivity contribution in [2.45, 2.75) is 43.0 Å². The molecule has 5 rings (SSSR count). The van der Waals surface area contributed by atoms with Gasteiger partial charge >= 0.3 is 0 Å². The summed E-state index contributed by atoms with van der Waals surface area (Å²) in [4.78, 5) is 19.1. The summed E-state index contributed by atoms with van der Waals surface area (Å²) in [6, 6.07) is 7.09. The van der Waals surface area contributed by atoms with Gasteiger partial charge in [0.2, 0.25) is 0 Å². The van der Waals surface area contributed by atoms with Crippen molar-refractivity contribution in [3.8, 4) is 5.75 Å². The van der Waals surface area contributed by atoms with Crippen molar-refractivity contribution in [2.24, 2.45) is 16.8 Å². The van der Waals surface area contributed by atoms with E-state index >= 15 is 0 Å². The van der Waals surface area contributed by atoms with Crippen LogP contribution < -0.4 is 4.74 Å². The summed E-state index contributed by atoms with van der Waals surface area (Å²) >= 11 is 7.32.